The van der Waals surface area contributed by atoms with Gasteiger partial charge in [0.05, 0.1) is 13.2 Å². The van der Waals surface area contributed by atoms with Gasteiger partial charge in [0.15, 0.2) is 6.61 Å². The topological polar surface area (TPSA) is 50.8 Å². The fraction of sp³-hybridized carbons (Fsp3) is 0.562. The standard InChI is InChI=1S/C16H24N2O3/c1-2-6-17-12-14-4-3-5-15(11-14)21-13-16(19)18-7-9-20-10-8-18/h3-5,11,17H,2,6-10,12-13H2,1H3. The van der Waals surface area contributed by atoms with Crippen LogP contribution < -0.4 is 10.1 Å². The van der Waals surface area contributed by atoms with Crippen LogP contribution in [0.4, 0.5) is 0 Å². The van der Waals surface area contributed by atoms with E-state index in [1.165, 1.54) is 5.56 Å². The number of carbonyl (C=O) groups excluding carboxylic acids is 1. The van der Waals surface area contributed by atoms with Crippen molar-refractivity contribution in [1.82, 2.24) is 10.2 Å². The summed E-state index contributed by atoms with van der Waals surface area (Å²) in [6, 6.07) is 7.88. The molecule has 1 aromatic rings. The van der Waals surface area contributed by atoms with Gasteiger partial charge in [0.2, 0.25) is 0 Å². The van der Waals surface area contributed by atoms with E-state index in [1.54, 1.807) is 4.90 Å². The predicted molar refractivity (Wildman–Crippen MR) is 81.3 cm³/mol. The van der Waals surface area contributed by atoms with Crippen LogP contribution in [-0.4, -0.2) is 50.3 Å². The van der Waals surface area contributed by atoms with E-state index in [0.717, 1.165) is 25.3 Å². The van der Waals surface area contributed by atoms with Gasteiger partial charge in [-0.15, -0.1) is 0 Å². The van der Waals surface area contributed by atoms with Crippen molar-refractivity contribution in [2.24, 2.45) is 0 Å². The number of ether oxygens (including phenoxy) is 2. The summed E-state index contributed by atoms with van der Waals surface area (Å²) in [4.78, 5) is 13.8. The van der Waals surface area contributed by atoms with E-state index in [4.69, 9.17) is 9.47 Å². The number of rotatable bonds is 7. The van der Waals surface area contributed by atoms with Gasteiger partial charge in [0.25, 0.3) is 5.91 Å². The number of morpholine rings is 1. The Morgan fingerprint density at radius 3 is 2.95 bits per heavy atom. The van der Waals surface area contributed by atoms with Crippen molar-refractivity contribution in [3.63, 3.8) is 0 Å². The molecule has 0 bridgehead atoms. The lowest BCUT2D eigenvalue weighted by atomic mass is 10.2. The number of benzene rings is 1. The maximum absolute atomic E-state index is 12.0. The third kappa shape index (κ3) is 5.36. The number of nitrogens with zero attached hydrogens (tertiary/aromatic N) is 1. The largest absolute Gasteiger partial charge is 0.484 e. The minimum absolute atomic E-state index is 0.0211. The van der Waals surface area contributed by atoms with Gasteiger partial charge in [0.1, 0.15) is 5.75 Å². The van der Waals surface area contributed by atoms with Crippen molar-refractivity contribution in [2.75, 3.05) is 39.5 Å². The van der Waals surface area contributed by atoms with Crippen LogP contribution in [-0.2, 0) is 16.1 Å². The number of hydrogen-bond acceptors (Lipinski definition) is 4. The van der Waals surface area contributed by atoms with Crippen LogP contribution in [0.5, 0.6) is 5.75 Å². The van der Waals surface area contributed by atoms with E-state index >= 15 is 0 Å². The first-order valence-corrected chi connectivity index (χ1v) is 7.57. The molecule has 5 heteroatoms. The summed E-state index contributed by atoms with van der Waals surface area (Å²) < 4.78 is 10.8. The molecule has 1 aromatic carbocycles. The first-order valence-electron chi connectivity index (χ1n) is 7.57. The van der Waals surface area contributed by atoms with Crippen LogP contribution >= 0.6 is 0 Å². The summed E-state index contributed by atoms with van der Waals surface area (Å²) >= 11 is 0. The number of nitrogens with one attached hydrogen (secondary N) is 1. The molecule has 0 aromatic heterocycles. The second-order valence-corrected chi connectivity index (χ2v) is 5.11. The zero-order valence-electron chi connectivity index (χ0n) is 12.6. The second-order valence-electron chi connectivity index (χ2n) is 5.11. The molecule has 1 fully saturated rings. The fourth-order valence-corrected chi connectivity index (χ4v) is 2.20. The lowest BCUT2D eigenvalue weighted by Crippen LogP contribution is -2.42. The Morgan fingerprint density at radius 2 is 2.19 bits per heavy atom. The van der Waals surface area contributed by atoms with Gasteiger partial charge in [-0.25, -0.2) is 0 Å². The Labute approximate surface area is 126 Å². The van der Waals surface area contributed by atoms with Crippen LogP contribution in [0.15, 0.2) is 24.3 Å². The van der Waals surface area contributed by atoms with Crippen LogP contribution in [0.3, 0.4) is 0 Å². The lowest BCUT2D eigenvalue weighted by Gasteiger charge is -2.26. The van der Waals surface area contributed by atoms with Crippen molar-refractivity contribution < 1.29 is 14.3 Å². The van der Waals surface area contributed by atoms with Crippen LogP contribution in [0.2, 0.25) is 0 Å². The van der Waals surface area contributed by atoms with E-state index < -0.39 is 0 Å². The Balaban J connectivity index is 1.79. The SMILES string of the molecule is CCCNCc1cccc(OCC(=O)N2CCOCC2)c1. The van der Waals surface area contributed by atoms with Crippen molar-refractivity contribution in [1.29, 1.82) is 0 Å². The molecule has 1 aliphatic rings. The molecule has 0 unspecified atom stereocenters. The highest BCUT2D eigenvalue weighted by molar-refractivity contribution is 5.77. The highest BCUT2D eigenvalue weighted by Crippen LogP contribution is 2.13. The minimum atomic E-state index is 0.0211. The molecule has 1 heterocycles. The van der Waals surface area contributed by atoms with E-state index in [0.29, 0.717) is 26.3 Å². The van der Waals surface area contributed by atoms with Crippen LogP contribution in [0.1, 0.15) is 18.9 Å². The number of amides is 1. The summed E-state index contributed by atoms with van der Waals surface area (Å²) in [5.41, 5.74) is 1.17. The first kappa shape index (κ1) is 15.8. The van der Waals surface area contributed by atoms with Crippen LogP contribution in [0.25, 0.3) is 0 Å². The zero-order chi connectivity index (χ0) is 14.9. The molecule has 116 valence electrons. The quantitative estimate of drug-likeness (QED) is 0.772. The Morgan fingerprint density at radius 1 is 1.38 bits per heavy atom. The molecule has 0 aliphatic carbocycles. The smallest absolute Gasteiger partial charge is 0.260 e. The van der Waals surface area contributed by atoms with Crippen LogP contribution in [0, 0.1) is 0 Å². The maximum atomic E-state index is 12.0. The molecule has 0 atom stereocenters. The summed E-state index contributed by atoms with van der Waals surface area (Å²) in [7, 11) is 0. The molecule has 0 spiro atoms. The van der Waals surface area contributed by atoms with Crippen molar-refractivity contribution in [3.05, 3.63) is 29.8 Å². The third-order valence-electron chi connectivity index (χ3n) is 3.38. The highest BCUT2D eigenvalue weighted by atomic mass is 16.5. The molecule has 1 N–H and O–H groups in total. The van der Waals surface area contributed by atoms with E-state index in [-0.39, 0.29) is 12.5 Å². The fourth-order valence-electron chi connectivity index (χ4n) is 2.20. The van der Waals surface area contributed by atoms with E-state index in [1.807, 2.05) is 18.2 Å². The Hall–Kier alpha value is -1.59. The monoisotopic (exact) mass is 292 g/mol. The van der Waals surface area contributed by atoms with Gasteiger partial charge in [0, 0.05) is 19.6 Å². The van der Waals surface area contributed by atoms with E-state index in [9.17, 15) is 4.79 Å². The third-order valence-corrected chi connectivity index (χ3v) is 3.38. The first-order chi connectivity index (χ1) is 10.3. The minimum Gasteiger partial charge on any atom is -0.484 e. The summed E-state index contributed by atoms with van der Waals surface area (Å²) in [6.45, 7) is 6.60. The van der Waals surface area contributed by atoms with Crippen molar-refractivity contribution in [2.45, 2.75) is 19.9 Å². The highest BCUT2D eigenvalue weighted by Gasteiger charge is 2.17. The van der Waals surface area contributed by atoms with Gasteiger partial charge < -0.3 is 19.7 Å². The van der Waals surface area contributed by atoms with Crippen molar-refractivity contribution >= 4 is 5.91 Å². The molecule has 2 rings (SSSR count). The molecular formula is C16H24N2O3. The van der Waals surface area contributed by atoms with Gasteiger partial charge in [-0.05, 0) is 30.7 Å². The molecule has 1 aliphatic heterocycles. The van der Waals surface area contributed by atoms with Gasteiger partial charge in [-0.1, -0.05) is 19.1 Å². The predicted octanol–water partition coefficient (Wildman–Crippen LogP) is 1.42. The Bertz CT molecular complexity index is 445. The average molecular weight is 292 g/mol. The molecule has 0 radical (unpaired) electrons. The molecule has 21 heavy (non-hydrogen) atoms. The van der Waals surface area contributed by atoms with Gasteiger partial charge in [-0.3, -0.25) is 4.79 Å². The average Bonchev–Trinajstić information content (AvgIpc) is 2.54. The number of hydrogen-bond donors (Lipinski definition) is 1. The van der Waals surface area contributed by atoms with Gasteiger partial charge in [-0.2, -0.15) is 0 Å². The summed E-state index contributed by atoms with van der Waals surface area (Å²) in [5.74, 6) is 0.764. The summed E-state index contributed by atoms with van der Waals surface area (Å²) in [6.07, 6.45) is 1.12. The lowest BCUT2D eigenvalue weighted by molar-refractivity contribution is -0.137. The molecule has 1 saturated heterocycles. The summed E-state index contributed by atoms with van der Waals surface area (Å²) in [5, 5.41) is 3.35. The molecule has 0 saturated carbocycles. The van der Waals surface area contributed by atoms with Gasteiger partial charge >= 0.3 is 0 Å². The Kier molecular flexibility index (Phi) is 6.50. The van der Waals surface area contributed by atoms with E-state index in [2.05, 4.69) is 18.3 Å². The van der Waals surface area contributed by atoms with Crippen molar-refractivity contribution in [3.8, 4) is 5.75 Å². The number of carbonyl (C=O) groups is 1. The molecule has 1 amide bonds. The second kappa shape index (κ2) is 8.64. The molecule has 5 nitrogen and oxygen atoms in total. The normalized spacial score (nSPS) is 15.0. The zero-order valence-corrected chi connectivity index (χ0v) is 12.6. The molecular weight excluding hydrogens is 268 g/mol. The maximum Gasteiger partial charge on any atom is 0.260 e.